The second-order valence-corrected chi connectivity index (χ2v) is 5.47. The van der Waals surface area contributed by atoms with Crippen molar-refractivity contribution in [2.45, 2.75) is 31.7 Å². The summed E-state index contributed by atoms with van der Waals surface area (Å²) in [4.78, 5) is 12.0. The molecule has 1 fully saturated rings. The van der Waals surface area contributed by atoms with E-state index in [1.165, 1.54) is 0 Å². The van der Waals surface area contributed by atoms with Crippen LogP contribution in [-0.2, 0) is 4.79 Å². The number of nitrogens with one attached hydrogen (secondary N) is 1. The number of hydrogen-bond acceptors (Lipinski definition) is 3. The van der Waals surface area contributed by atoms with Gasteiger partial charge in [0.1, 0.15) is 6.04 Å². The molecule has 1 aliphatic rings. The third-order valence-electron chi connectivity index (χ3n) is 4.08. The van der Waals surface area contributed by atoms with Gasteiger partial charge in [-0.3, -0.25) is 4.79 Å². The van der Waals surface area contributed by atoms with Gasteiger partial charge in [-0.25, -0.2) is 0 Å². The molecule has 1 atom stereocenters. The fourth-order valence-corrected chi connectivity index (χ4v) is 2.71. The van der Waals surface area contributed by atoms with Crippen molar-refractivity contribution in [3.8, 4) is 0 Å². The molecule has 4 heteroatoms. The predicted molar refractivity (Wildman–Crippen MR) is 74.4 cm³/mol. The Morgan fingerprint density at radius 1 is 1.32 bits per heavy atom. The van der Waals surface area contributed by atoms with Crippen LogP contribution in [0.3, 0.4) is 0 Å². The molecule has 1 aliphatic carbocycles. The molecule has 4 nitrogen and oxygen atoms in total. The zero-order valence-electron chi connectivity index (χ0n) is 11.1. The molecule has 1 aromatic rings. The molecule has 4 N–H and O–H groups in total. The van der Waals surface area contributed by atoms with Gasteiger partial charge < -0.3 is 16.2 Å². The SMILES string of the molecule is NC(C(=O)NCC1(CO)CCCC1)c1ccccc1. The Kier molecular flexibility index (Phi) is 4.56. The van der Waals surface area contributed by atoms with Crippen LogP contribution in [0.4, 0.5) is 0 Å². The number of rotatable bonds is 5. The lowest BCUT2D eigenvalue weighted by atomic mass is 9.87. The van der Waals surface area contributed by atoms with Gasteiger partial charge in [-0.1, -0.05) is 43.2 Å². The molecule has 0 aliphatic heterocycles. The second-order valence-electron chi connectivity index (χ2n) is 5.47. The first-order chi connectivity index (χ1) is 9.17. The summed E-state index contributed by atoms with van der Waals surface area (Å²) in [6.45, 7) is 0.650. The molecule has 1 unspecified atom stereocenters. The average Bonchev–Trinajstić information content (AvgIpc) is 2.94. The maximum atomic E-state index is 12.0. The van der Waals surface area contributed by atoms with E-state index >= 15 is 0 Å². The highest BCUT2D eigenvalue weighted by atomic mass is 16.3. The first kappa shape index (κ1) is 14.0. The summed E-state index contributed by atoms with van der Waals surface area (Å²) in [5, 5.41) is 12.4. The highest BCUT2D eigenvalue weighted by molar-refractivity contribution is 5.82. The number of benzene rings is 1. The smallest absolute Gasteiger partial charge is 0.241 e. The minimum atomic E-state index is -0.640. The van der Waals surface area contributed by atoms with Crippen molar-refractivity contribution in [2.75, 3.05) is 13.2 Å². The van der Waals surface area contributed by atoms with E-state index in [2.05, 4.69) is 5.32 Å². The Balaban J connectivity index is 1.91. The Morgan fingerprint density at radius 2 is 1.95 bits per heavy atom. The number of aliphatic hydroxyl groups excluding tert-OH is 1. The summed E-state index contributed by atoms with van der Waals surface area (Å²) in [5.74, 6) is -0.175. The molecule has 0 spiro atoms. The minimum absolute atomic E-state index is 0.133. The number of amides is 1. The van der Waals surface area contributed by atoms with Crippen molar-refractivity contribution in [1.29, 1.82) is 0 Å². The van der Waals surface area contributed by atoms with Crippen LogP contribution in [0.5, 0.6) is 0 Å². The highest BCUT2D eigenvalue weighted by Gasteiger charge is 2.33. The number of hydrogen-bond donors (Lipinski definition) is 3. The van der Waals surface area contributed by atoms with E-state index in [9.17, 15) is 9.90 Å². The molecule has 0 heterocycles. The molecular weight excluding hydrogens is 240 g/mol. The quantitative estimate of drug-likeness (QED) is 0.750. The van der Waals surface area contributed by atoms with Crippen molar-refractivity contribution >= 4 is 5.91 Å². The molecule has 0 bridgehead atoms. The van der Waals surface area contributed by atoms with Gasteiger partial charge >= 0.3 is 0 Å². The summed E-state index contributed by atoms with van der Waals surface area (Å²) in [6, 6.07) is 8.69. The van der Waals surface area contributed by atoms with Crippen molar-refractivity contribution in [3.05, 3.63) is 35.9 Å². The van der Waals surface area contributed by atoms with Gasteiger partial charge in [-0.2, -0.15) is 0 Å². The first-order valence-corrected chi connectivity index (χ1v) is 6.86. The lowest BCUT2D eigenvalue weighted by Crippen LogP contribution is -2.42. The van der Waals surface area contributed by atoms with E-state index in [4.69, 9.17) is 5.73 Å². The van der Waals surface area contributed by atoms with Crippen molar-refractivity contribution < 1.29 is 9.90 Å². The molecule has 0 aromatic heterocycles. The van der Waals surface area contributed by atoms with Gasteiger partial charge in [-0.15, -0.1) is 0 Å². The van der Waals surface area contributed by atoms with Crippen molar-refractivity contribution in [1.82, 2.24) is 5.32 Å². The van der Waals surface area contributed by atoms with Crippen LogP contribution in [0.2, 0.25) is 0 Å². The summed E-state index contributed by atoms with van der Waals surface area (Å²) < 4.78 is 0. The molecule has 1 aromatic carbocycles. The topological polar surface area (TPSA) is 75.4 Å². The van der Waals surface area contributed by atoms with Crippen LogP contribution in [0.15, 0.2) is 30.3 Å². The van der Waals surface area contributed by atoms with Crippen LogP contribution in [-0.4, -0.2) is 24.2 Å². The van der Waals surface area contributed by atoms with E-state index in [1.54, 1.807) is 0 Å². The molecule has 19 heavy (non-hydrogen) atoms. The molecule has 0 radical (unpaired) electrons. The maximum Gasteiger partial charge on any atom is 0.241 e. The number of carbonyl (C=O) groups excluding carboxylic acids is 1. The van der Waals surface area contributed by atoms with E-state index in [1.807, 2.05) is 30.3 Å². The summed E-state index contributed by atoms with van der Waals surface area (Å²) in [7, 11) is 0. The van der Waals surface area contributed by atoms with E-state index < -0.39 is 6.04 Å². The van der Waals surface area contributed by atoms with Gasteiger partial charge in [0.25, 0.3) is 0 Å². The van der Waals surface area contributed by atoms with Crippen LogP contribution >= 0.6 is 0 Å². The molecule has 2 rings (SSSR count). The Hall–Kier alpha value is -1.39. The maximum absolute atomic E-state index is 12.0. The summed E-state index contributed by atoms with van der Waals surface area (Å²) in [6.07, 6.45) is 4.21. The van der Waals surface area contributed by atoms with E-state index in [0.29, 0.717) is 6.54 Å². The summed E-state index contributed by atoms with van der Waals surface area (Å²) >= 11 is 0. The predicted octanol–water partition coefficient (Wildman–Crippen LogP) is 1.36. The fraction of sp³-hybridized carbons (Fsp3) is 0.533. The van der Waals surface area contributed by atoms with Crippen LogP contribution in [0, 0.1) is 5.41 Å². The molecular formula is C15H22N2O2. The molecule has 1 saturated carbocycles. The Morgan fingerprint density at radius 3 is 2.53 bits per heavy atom. The average molecular weight is 262 g/mol. The Labute approximate surface area is 114 Å². The normalized spacial score (nSPS) is 19.1. The second kappa shape index (κ2) is 6.17. The molecule has 104 valence electrons. The lowest BCUT2D eigenvalue weighted by molar-refractivity contribution is -0.123. The standard InChI is InChI=1S/C15H22N2O2/c16-13(12-6-2-1-3-7-12)14(19)17-10-15(11-18)8-4-5-9-15/h1-3,6-7,13,18H,4-5,8-11,16H2,(H,17,19). The van der Waals surface area contributed by atoms with Gasteiger partial charge in [-0.05, 0) is 18.4 Å². The zero-order chi connectivity index (χ0) is 13.7. The van der Waals surface area contributed by atoms with Gasteiger partial charge in [0.05, 0.1) is 6.61 Å². The van der Waals surface area contributed by atoms with Crippen LogP contribution < -0.4 is 11.1 Å². The highest BCUT2D eigenvalue weighted by Crippen LogP contribution is 2.36. The fourth-order valence-electron chi connectivity index (χ4n) is 2.71. The minimum Gasteiger partial charge on any atom is -0.396 e. The monoisotopic (exact) mass is 262 g/mol. The largest absolute Gasteiger partial charge is 0.396 e. The van der Waals surface area contributed by atoms with Gasteiger partial charge in [0.2, 0.25) is 5.91 Å². The zero-order valence-corrected chi connectivity index (χ0v) is 11.1. The van der Waals surface area contributed by atoms with Gasteiger partial charge in [0.15, 0.2) is 0 Å². The molecule has 0 saturated heterocycles. The van der Waals surface area contributed by atoms with E-state index in [-0.39, 0.29) is 17.9 Å². The number of nitrogens with two attached hydrogens (primary N) is 1. The van der Waals surface area contributed by atoms with Gasteiger partial charge in [0, 0.05) is 12.0 Å². The van der Waals surface area contributed by atoms with Crippen LogP contribution in [0.1, 0.15) is 37.3 Å². The summed E-state index contributed by atoms with van der Waals surface area (Å²) in [5.41, 5.74) is 6.61. The lowest BCUT2D eigenvalue weighted by Gasteiger charge is -2.27. The number of carbonyl (C=O) groups is 1. The van der Waals surface area contributed by atoms with Crippen LogP contribution in [0.25, 0.3) is 0 Å². The van der Waals surface area contributed by atoms with Crippen molar-refractivity contribution in [2.24, 2.45) is 11.1 Å². The Bertz CT molecular complexity index is 413. The first-order valence-electron chi connectivity index (χ1n) is 6.86. The third-order valence-corrected chi connectivity index (χ3v) is 4.08. The van der Waals surface area contributed by atoms with E-state index in [0.717, 1.165) is 31.2 Å². The van der Waals surface area contributed by atoms with Crippen molar-refractivity contribution in [3.63, 3.8) is 0 Å². The molecule has 1 amide bonds. The third kappa shape index (κ3) is 3.33. The number of aliphatic hydroxyl groups is 1.